The lowest BCUT2D eigenvalue weighted by atomic mass is 10.3. The molecule has 1 amide bonds. The van der Waals surface area contributed by atoms with Gasteiger partial charge in [-0.05, 0) is 12.1 Å². The zero-order chi connectivity index (χ0) is 13.8. The van der Waals surface area contributed by atoms with E-state index in [9.17, 15) is 9.90 Å². The largest absolute Gasteiger partial charge is 0.389 e. The zero-order valence-electron chi connectivity index (χ0n) is 10.3. The Morgan fingerprint density at radius 3 is 3.16 bits per heavy atom. The van der Waals surface area contributed by atoms with Crippen molar-refractivity contribution in [3.8, 4) is 0 Å². The van der Waals surface area contributed by atoms with Crippen LogP contribution in [0.1, 0.15) is 10.5 Å². The second-order valence-electron chi connectivity index (χ2n) is 4.00. The summed E-state index contributed by atoms with van der Waals surface area (Å²) < 4.78 is 6.37. The van der Waals surface area contributed by atoms with Gasteiger partial charge in [-0.2, -0.15) is 0 Å². The van der Waals surface area contributed by atoms with E-state index in [0.29, 0.717) is 5.65 Å². The van der Waals surface area contributed by atoms with E-state index in [1.807, 2.05) is 6.07 Å². The summed E-state index contributed by atoms with van der Waals surface area (Å²) in [6, 6.07) is 5.34. The van der Waals surface area contributed by atoms with Gasteiger partial charge in [0.15, 0.2) is 10.8 Å². The number of aliphatic hydroxyl groups is 1. The molecule has 0 spiro atoms. The SMILES string of the molecule is COCC(O)CNC(=O)c1c(Cl)nc2ccccn12. The van der Waals surface area contributed by atoms with Crippen LogP contribution in [0.3, 0.4) is 0 Å². The Morgan fingerprint density at radius 1 is 1.63 bits per heavy atom. The van der Waals surface area contributed by atoms with Gasteiger partial charge in [-0.3, -0.25) is 9.20 Å². The Labute approximate surface area is 115 Å². The van der Waals surface area contributed by atoms with Crippen molar-refractivity contribution in [2.45, 2.75) is 6.10 Å². The maximum Gasteiger partial charge on any atom is 0.271 e. The molecule has 0 aromatic carbocycles. The smallest absolute Gasteiger partial charge is 0.271 e. The summed E-state index contributed by atoms with van der Waals surface area (Å²) in [6.45, 7) is 0.240. The number of rotatable bonds is 5. The number of carbonyl (C=O) groups excluding carboxylic acids is 1. The lowest BCUT2D eigenvalue weighted by Gasteiger charge is -2.10. The Bertz CT molecular complexity index is 585. The molecule has 0 bridgehead atoms. The molecular formula is C12H14ClN3O3. The highest BCUT2D eigenvalue weighted by atomic mass is 35.5. The minimum absolute atomic E-state index is 0.0864. The lowest BCUT2D eigenvalue weighted by Crippen LogP contribution is -2.35. The molecule has 2 aromatic rings. The van der Waals surface area contributed by atoms with E-state index in [1.165, 1.54) is 7.11 Å². The normalized spacial score (nSPS) is 12.6. The van der Waals surface area contributed by atoms with Crippen molar-refractivity contribution in [1.29, 1.82) is 0 Å². The van der Waals surface area contributed by atoms with E-state index in [-0.39, 0.29) is 29.9 Å². The van der Waals surface area contributed by atoms with E-state index in [0.717, 1.165) is 0 Å². The number of aromatic nitrogens is 2. The molecule has 0 aliphatic heterocycles. The summed E-state index contributed by atoms with van der Waals surface area (Å²) in [7, 11) is 1.48. The van der Waals surface area contributed by atoms with E-state index < -0.39 is 6.10 Å². The van der Waals surface area contributed by atoms with Gasteiger partial charge in [0.05, 0.1) is 12.7 Å². The molecule has 2 N–H and O–H groups in total. The van der Waals surface area contributed by atoms with Crippen molar-refractivity contribution in [3.63, 3.8) is 0 Å². The summed E-state index contributed by atoms with van der Waals surface area (Å²) in [4.78, 5) is 16.1. The molecule has 0 saturated heterocycles. The number of pyridine rings is 1. The van der Waals surface area contributed by atoms with Crippen LogP contribution in [-0.4, -0.2) is 46.8 Å². The zero-order valence-corrected chi connectivity index (χ0v) is 11.1. The third kappa shape index (κ3) is 3.04. The van der Waals surface area contributed by atoms with Crippen LogP contribution in [0.25, 0.3) is 5.65 Å². The topological polar surface area (TPSA) is 75.9 Å². The second kappa shape index (κ2) is 6.01. The Kier molecular flexibility index (Phi) is 4.36. The average Bonchev–Trinajstić information content (AvgIpc) is 2.72. The van der Waals surface area contributed by atoms with Gasteiger partial charge in [-0.15, -0.1) is 0 Å². The Balaban J connectivity index is 2.15. The number of halogens is 1. The van der Waals surface area contributed by atoms with Crippen LogP contribution in [0.5, 0.6) is 0 Å². The fraction of sp³-hybridized carbons (Fsp3) is 0.333. The molecule has 0 fully saturated rings. The highest BCUT2D eigenvalue weighted by Gasteiger charge is 2.18. The standard InChI is InChI=1S/C12H14ClN3O3/c1-19-7-8(17)6-14-12(18)10-11(13)15-9-4-2-3-5-16(9)10/h2-5,8,17H,6-7H2,1H3,(H,14,18). The van der Waals surface area contributed by atoms with Gasteiger partial charge in [0.25, 0.3) is 5.91 Å². The third-order valence-electron chi connectivity index (χ3n) is 2.56. The number of amides is 1. The molecule has 0 saturated carbocycles. The summed E-state index contributed by atoms with van der Waals surface area (Å²) in [6.07, 6.45) is 0.946. The highest BCUT2D eigenvalue weighted by Crippen LogP contribution is 2.17. The monoisotopic (exact) mass is 283 g/mol. The van der Waals surface area contributed by atoms with Crippen LogP contribution < -0.4 is 5.32 Å². The van der Waals surface area contributed by atoms with Gasteiger partial charge in [-0.25, -0.2) is 4.98 Å². The molecule has 102 valence electrons. The number of ether oxygens (including phenoxy) is 1. The van der Waals surface area contributed by atoms with E-state index in [2.05, 4.69) is 10.3 Å². The quantitative estimate of drug-likeness (QED) is 0.848. The first kappa shape index (κ1) is 13.8. The first-order chi connectivity index (χ1) is 9.13. The van der Waals surface area contributed by atoms with Crippen molar-refractivity contribution in [1.82, 2.24) is 14.7 Å². The highest BCUT2D eigenvalue weighted by molar-refractivity contribution is 6.32. The maximum absolute atomic E-state index is 12.0. The first-order valence-electron chi connectivity index (χ1n) is 5.71. The number of hydrogen-bond acceptors (Lipinski definition) is 4. The van der Waals surface area contributed by atoms with Crippen LogP contribution >= 0.6 is 11.6 Å². The molecule has 0 radical (unpaired) electrons. The number of methoxy groups -OCH3 is 1. The summed E-state index contributed by atoms with van der Waals surface area (Å²) in [5, 5.41) is 12.2. The van der Waals surface area contributed by atoms with Gasteiger partial charge in [0.1, 0.15) is 5.65 Å². The number of carbonyl (C=O) groups is 1. The molecule has 0 aliphatic carbocycles. The van der Waals surface area contributed by atoms with E-state index >= 15 is 0 Å². The summed E-state index contributed by atoms with van der Waals surface area (Å²) in [5.41, 5.74) is 0.844. The van der Waals surface area contributed by atoms with E-state index in [1.54, 1.807) is 22.7 Å². The number of nitrogens with zero attached hydrogens (tertiary/aromatic N) is 2. The molecule has 1 unspecified atom stereocenters. The number of hydrogen-bond donors (Lipinski definition) is 2. The van der Waals surface area contributed by atoms with Gasteiger partial charge in [0.2, 0.25) is 0 Å². The first-order valence-corrected chi connectivity index (χ1v) is 6.09. The van der Waals surface area contributed by atoms with Crippen LogP contribution in [0, 0.1) is 0 Å². The molecule has 1 atom stereocenters. The minimum Gasteiger partial charge on any atom is -0.389 e. The number of aliphatic hydroxyl groups excluding tert-OH is 1. The molecule has 2 rings (SSSR count). The van der Waals surface area contributed by atoms with Crippen molar-refractivity contribution >= 4 is 23.2 Å². The Hall–Kier alpha value is -1.63. The summed E-state index contributed by atoms with van der Waals surface area (Å²) in [5.74, 6) is -0.390. The maximum atomic E-state index is 12.0. The molecule has 0 aliphatic rings. The lowest BCUT2D eigenvalue weighted by molar-refractivity contribution is 0.0608. The fourth-order valence-electron chi connectivity index (χ4n) is 1.72. The number of fused-ring (bicyclic) bond motifs is 1. The molecule has 2 heterocycles. The number of nitrogens with one attached hydrogen (secondary N) is 1. The van der Waals surface area contributed by atoms with Crippen molar-refractivity contribution in [2.24, 2.45) is 0 Å². The van der Waals surface area contributed by atoms with Gasteiger partial charge in [0, 0.05) is 19.9 Å². The molecule has 2 aromatic heterocycles. The van der Waals surface area contributed by atoms with E-state index in [4.69, 9.17) is 16.3 Å². The van der Waals surface area contributed by atoms with Crippen molar-refractivity contribution in [2.75, 3.05) is 20.3 Å². The van der Waals surface area contributed by atoms with Crippen molar-refractivity contribution in [3.05, 3.63) is 35.2 Å². The van der Waals surface area contributed by atoms with Gasteiger partial charge < -0.3 is 15.2 Å². The predicted molar refractivity (Wildman–Crippen MR) is 70.4 cm³/mol. The summed E-state index contributed by atoms with van der Waals surface area (Å²) >= 11 is 5.96. The van der Waals surface area contributed by atoms with Gasteiger partial charge >= 0.3 is 0 Å². The fourth-order valence-corrected chi connectivity index (χ4v) is 1.98. The van der Waals surface area contributed by atoms with Crippen LogP contribution in [0.4, 0.5) is 0 Å². The molecular weight excluding hydrogens is 270 g/mol. The van der Waals surface area contributed by atoms with Crippen LogP contribution in [-0.2, 0) is 4.74 Å². The van der Waals surface area contributed by atoms with Crippen LogP contribution in [0.15, 0.2) is 24.4 Å². The van der Waals surface area contributed by atoms with Gasteiger partial charge in [-0.1, -0.05) is 17.7 Å². The second-order valence-corrected chi connectivity index (χ2v) is 4.36. The van der Waals surface area contributed by atoms with Crippen LogP contribution in [0.2, 0.25) is 5.15 Å². The molecule has 7 heteroatoms. The predicted octanol–water partition coefficient (Wildman–Crippen LogP) is 0.725. The molecule has 19 heavy (non-hydrogen) atoms. The minimum atomic E-state index is -0.757. The average molecular weight is 284 g/mol. The van der Waals surface area contributed by atoms with Crippen molar-refractivity contribution < 1.29 is 14.6 Å². The third-order valence-corrected chi connectivity index (χ3v) is 2.82. The number of imidazole rings is 1. The Morgan fingerprint density at radius 2 is 2.42 bits per heavy atom. The molecule has 6 nitrogen and oxygen atoms in total.